The summed E-state index contributed by atoms with van der Waals surface area (Å²) in [5.74, 6) is 0.870. The number of aromatic nitrogens is 3. The number of imidazole rings is 1. The monoisotopic (exact) mass is 315 g/mol. The van der Waals surface area contributed by atoms with E-state index in [1.54, 1.807) is 12.5 Å². The number of hydrogen-bond donors (Lipinski definition) is 0. The van der Waals surface area contributed by atoms with Crippen LogP contribution < -0.4 is 4.74 Å². The van der Waals surface area contributed by atoms with Crippen molar-refractivity contribution in [1.82, 2.24) is 14.5 Å². The quantitative estimate of drug-likeness (QED) is 0.555. The minimum atomic E-state index is 0.592. The number of para-hydroxylation sites is 2. The molecule has 0 aliphatic carbocycles. The highest BCUT2D eigenvalue weighted by Gasteiger charge is 2.07. The fourth-order valence-electron chi connectivity index (χ4n) is 2.73. The van der Waals surface area contributed by atoms with Crippen LogP contribution in [0, 0.1) is 0 Å². The van der Waals surface area contributed by atoms with Gasteiger partial charge in [-0.2, -0.15) is 0 Å². The highest BCUT2D eigenvalue weighted by atomic mass is 16.5. The largest absolute Gasteiger partial charge is 0.491 e. The van der Waals surface area contributed by atoms with E-state index in [2.05, 4.69) is 28.2 Å². The van der Waals surface area contributed by atoms with Gasteiger partial charge in [-0.05, 0) is 18.2 Å². The maximum Gasteiger partial charge on any atom is 0.127 e. The van der Waals surface area contributed by atoms with Crippen LogP contribution >= 0.6 is 0 Å². The van der Waals surface area contributed by atoms with E-state index in [0.717, 1.165) is 34.3 Å². The Balaban J connectivity index is 1.60. The van der Waals surface area contributed by atoms with E-state index in [9.17, 15) is 0 Å². The van der Waals surface area contributed by atoms with Crippen molar-refractivity contribution in [2.45, 2.75) is 6.54 Å². The Morgan fingerprint density at radius 2 is 1.88 bits per heavy atom. The van der Waals surface area contributed by atoms with Crippen LogP contribution in [0.15, 0.2) is 79.5 Å². The lowest BCUT2D eigenvalue weighted by atomic mass is 10.0. The van der Waals surface area contributed by atoms with Gasteiger partial charge in [-0.1, -0.05) is 36.4 Å². The fraction of sp³-hybridized carbons (Fsp3) is 0.100. The Morgan fingerprint density at radius 3 is 2.79 bits per heavy atom. The lowest BCUT2D eigenvalue weighted by Gasteiger charge is -2.12. The molecular weight excluding hydrogens is 298 g/mol. The van der Waals surface area contributed by atoms with Crippen molar-refractivity contribution in [3.63, 3.8) is 0 Å². The molecule has 0 saturated carbocycles. The molecule has 4 heteroatoms. The van der Waals surface area contributed by atoms with E-state index >= 15 is 0 Å². The molecule has 2 aromatic heterocycles. The molecule has 0 fully saturated rings. The summed E-state index contributed by atoms with van der Waals surface area (Å²) in [6.07, 6.45) is 7.40. The molecule has 0 spiro atoms. The van der Waals surface area contributed by atoms with Gasteiger partial charge in [0.25, 0.3) is 0 Å². The van der Waals surface area contributed by atoms with Crippen LogP contribution in [-0.2, 0) is 6.54 Å². The summed E-state index contributed by atoms with van der Waals surface area (Å²) in [5, 5.41) is 1.13. The summed E-state index contributed by atoms with van der Waals surface area (Å²) < 4.78 is 8.00. The average molecular weight is 315 g/mol. The van der Waals surface area contributed by atoms with Crippen LogP contribution in [0.5, 0.6) is 5.75 Å². The smallest absolute Gasteiger partial charge is 0.127 e. The third-order valence-corrected chi connectivity index (χ3v) is 3.95. The summed E-state index contributed by atoms with van der Waals surface area (Å²) in [7, 11) is 0. The summed E-state index contributed by atoms with van der Waals surface area (Å²) in [6, 6.07) is 18.4. The van der Waals surface area contributed by atoms with Gasteiger partial charge < -0.3 is 9.30 Å². The van der Waals surface area contributed by atoms with Gasteiger partial charge in [-0.3, -0.25) is 4.98 Å². The predicted octanol–water partition coefficient (Wildman–Crippen LogP) is 4.18. The van der Waals surface area contributed by atoms with Crippen LogP contribution in [0.4, 0.5) is 0 Å². The van der Waals surface area contributed by atoms with Gasteiger partial charge in [-0.25, -0.2) is 4.98 Å². The van der Waals surface area contributed by atoms with Crippen LogP contribution in [0.1, 0.15) is 0 Å². The van der Waals surface area contributed by atoms with Crippen LogP contribution in [0.25, 0.3) is 22.0 Å². The van der Waals surface area contributed by atoms with Crippen molar-refractivity contribution in [1.29, 1.82) is 0 Å². The normalized spacial score (nSPS) is 10.8. The number of nitrogens with zero attached hydrogens (tertiary/aromatic N) is 3. The van der Waals surface area contributed by atoms with E-state index in [-0.39, 0.29) is 0 Å². The van der Waals surface area contributed by atoms with Crippen molar-refractivity contribution in [2.75, 3.05) is 6.61 Å². The van der Waals surface area contributed by atoms with E-state index in [4.69, 9.17) is 4.74 Å². The first kappa shape index (κ1) is 14.5. The first-order valence-electron chi connectivity index (χ1n) is 7.93. The first-order chi connectivity index (χ1) is 11.9. The third-order valence-electron chi connectivity index (χ3n) is 3.95. The number of rotatable bonds is 5. The Labute approximate surface area is 140 Å². The Morgan fingerprint density at radius 1 is 1.00 bits per heavy atom. The molecule has 0 saturated heterocycles. The van der Waals surface area contributed by atoms with Gasteiger partial charge in [0.2, 0.25) is 0 Å². The zero-order chi connectivity index (χ0) is 16.2. The Kier molecular flexibility index (Phi) is 3.94. The minimum Gasteiger partial charge on any atom is -0.491 e. The zero-order valence-electron chi connectivity index (χ0n) is 13.2. The molecule has 2 aromatic carbocycles. The molecule has 0 aliphatic heterocycles. The molecule has 0 radical (unpaired) electrons. The summed E-state index contributed by atoms with van der Waals surface area (Å²) in [5.41, 5.74) is 3.12. The minimum absolute atomic E-state index is 0.592. The molecule has 118 valence electrons. The molecule has 4 rings (SSSR count). The summed E-state index contributed by atoms with van der Waals surface area (Å²) in [4.78, 5) is 8.59. The summed E-state index contributed by atoms with van der Waals surface area (Å²) in [6.45, 7) is 1.36. The molecular formula is C20H17N3O. The van der Waals surface area contributed by atoms with Gasteiger partial charge >= 0.3 is 0 Å². The zero-order valence-corrected chi connectivity index (χ0v) is 13.2. The standard InChI is InChI=1S/C20H17N3O/c1-3-7-19-16(5-1)13-17(14-22-19)18-6-2-4-8-20(18)24-12-11-23-10-9-21-15-23/h1-10,13-15H,11-12H2. The van der Waals surface area contributed by atoms with Crippen molar-refractivity contribution in [3.8, 4) is 16.9 Å². The lowest BCUT2D eigenvalue weighted by Crippen LogP contribution is -2.07. The maximum atomic E-state index is 6.00. The topological polar surface area (TPSA) is 39.9 Å². The lowest BCUT2D eigenvalue weighted by molar-refractivity contribution is 0.299. The number of benzene rings is 2. The molecule has 0 aliphatic rings. The van der Waals surface area contributed by atoms with E-state index in [1.807, 2.05) is 53.4 Å². The van der Waals surface area contributed by atoms with Gasteiger partial charge in [0.15, 0.2) is 0 Å². The molecule has 0 bridgehead atoms. The van der Waals surface area contributed by atoms with Crippen LogP contribution in [-0.4, -0.2) is 21.1 Å². The molecule has 4 aromatic rings. The second-order valence-corrected chi connectivity index (χ2v) is 5.56. The van der Waals surface area contributed by atoms with Crippen molar-refractivity contribution in [3.05, 3.63) is 79.5 Å². The molecule has 0 amide bonds. The Hall–Kier alpha value is -3.14. The van der Waals surface area contributed by atoms with Gasteiger partial charge in [0, 0.05) is 35.1 Å². The second-order valence-electron chi connectivity index (χ2n) is 5.56. The molecule has 0 unspecified atom stereocenters. The number of fused-ring (bicyclic) bond motifs is 1. The van der Waals surface area contributed by atoms with Crippen molar-refractivity contribution in [2.24, 2.45) is 0 Å². The molecule has 24 heavy (non-hydrogen) atoms. The van der Waals surface area contributed by atoms with E-state index in [1.165, 1.54) is 0 Å². The highest BCUT2D eigenvalue weighted by molar-refractivity contribution is 5.84. The SMILES string of the molecule is c1ccc(-c2cnc3ccccc3c2)c(OCCn2ccnc2)c1. The molecule has 2 heterocycles. The van der Waals surface area contributed by atoms with Crippen molar-refractivity contribution >= 4 is 10.9 Å². The average Bonchev–Trinajstić information content (AvgIpc) is 3.15. The number of hydrogen-bond acceptors (Lipinski definition) is 3. The van der Waals surface area contributed by atoms with Gasteiger partial charge in [0.05, 0.1) is 18.4 Å². The molecule has 4 nitrogen and oxygen atoms in total. The Bertz CT molecular complexity index is 948. The predicted molar refractivity (Wildman–Crippen MR) is 94.9 cm³/mol. The highest BCUT2D eigenvalue weighted by Crippen LogP contribution is 2.31. The number of ether oxygens (including phenoxy) is 1. The fourth-order valence-corrected chi connectivity index (χ4v) is 2.73. The van der Waals surface area contributed by atoms with Gasteiger partial charge in [0.1, 0.15) is 12.4 Å². The summed E-state index contributed by atoms with van der Waals surface area (Å²) >= 11 is 0. The third kappa shape index (κ3) is 2.99. The molecule has 0 N–H and O–H groups in total. The van der Waals surface area contributed by atoms with Crippen LogP contribution in [0.2, 0.25) is 0 Å². The number of pyridine rings is 1. The van der Waals surface area contributed by atoms with Crippen LogP contribution in [0.3, 0.4) is 0 Å². The maximum absolute atomic E-state index is 6.00. The first-order valence-corrected chi connectivity index (χ1v) is 7.93. The van der Waals surface area contributed by atoms with E-state index < -0.39 is 0 Å². The molecule has 0 atom stereocenters. The van der Waals surface area contributed by atoms with E-state index in [0.29, 0.717) is 6.61 Å². The second kappa shape index (κ2) is 6.54. The van der Waals surface area contributed by atoms with Gasteiger partial charge in [-0.15, -0.1) is 0 Å². The van der Waals surface area contributed by atoms with Crippen molar-refractivity contribution < 1.29 is 4.74 Å².